The Morgan fingerprint density at radius 3 is 2.42 bits per heavy atom. The number of imide groups is 1. The van der Waals surface area contributed by atoms with Crippen LogP contribution in [0.15, 0.2) is 30.4 Å². The number of hydrogen-bond acceptors (Lipinski definition) is 3. The summed E-state index contributed by atoms with van der Waals surface area (Å²) < 4.78 is 13.8. The predicted molar refractivity (Wildman–Crippen MR) is 84.2 cm³/mol. The largest absolute Gasteiger partial charge is 0.322 e. The Morgan fingerprint density at radius 2 is 1.83 bits per heavy atom. The number of amides is 3. The first-order valence-electron chi connectivity index (χ1n) is 8.05. The maximum absolute atomic E-state index is 13.8. The van der Waals surface area contributed by atoms with Crippen LogP contribution in [0, 0.1) is 36.4 Å². The van der Waals surface area contributed by atoms with Crippen LogP contribution in [0.1, 0.15) is 12.0 Å². The second-order valence-electron chi connectivity index (χ2n) is 6.79. The van der Waals surface area contributed by atoms with Crippen LogP contribution in [0.2, 0.25) is 0 Å². The van der Waals surface area contributed by atoms with Crippen molar-refractivity contribution < 1.29 is 18.8 Å². The molecule has 4 unspecified atom stereocenters. The Labute approximate surface area is 138 Å². The molecule has 3 aliphatic rings. The number of hydrogen-bond donors (Lipinski definition) is 1. The SMILES string of the molecule is Cc1ccc(NC(=O)CN2C(=O)C3C4C=CC(C4)C3C2=O)c(F)c1. The number of allylic oxidation sites excluding steroid dienone is 2. The molecule has 2 fully saturated rings. The summed E-state index contributed by atoms with van der Waals surface area (Å²) in [6.07, 6.45) is 4.85. The number of anilines is 1. The van der Waals surface area contributed by atoms with Crippen molar-refractivity contribution in [2.75, 3.05) is 11.9 Å². The summed E-state index contributed by atoms with van der Waals surface area (Å²) in [5, 5.41) is 2.43. The number of carbonyl (C=O) groups is 3. The molecule has 5 nitrogen and oxygen atoms in total. The highest BCUT2D eigenvalue weighted by Gasteiger charge is 2.59. The fourth-order valence-corrected chi connectivity index (χ4v) is 4.17. The standard InChI is InChI=1S/C18H17FN2O3/c1-9-2-5-13(12(19)6-9)20-14(22)8-21-17(23)15-10-3-4-11(7-10)16(15)18(21)24/h2-6,10-11,15-16H,7-8H2,1H3,(H,20,22). The minimum Gasteiger partial charge on any atom is -0.322 e. The molecule has 0 radical (unpaired) electrons. The molecule has 4 rings (SSSR count). The highest BCUT2D eigenvalue weighted by atomic mass is 19.1. The van der Waals surface area contributed by atoms with Gasteiger partial charge in [-0.2, -0.15) is 0 Å². The quantitative estimate of drug-likeness (QED) is 0.680. The van der Waals surface area contributed by atoms with E-state index < -0.39 is 11.7 Å². The van der Waals surface area contributed by atoms with Crippen molar-refractivity contribution in [3.63, 3.8) is 0 Å². The summed E-state index contributed by atoms with van der Waals surface area (Å²) in [6, 6.07) is 4.46. The summed E-state index contributed by atoms with van der Waals surface area (Å²) in [4.78, 5) is 38.2. The first-order chi connectivity index (χ1) is 11.5. The molecule has 6 heteroatoms. The number of likely N-dealkylation sites (tertiary alicyclic amines) is 1. The van der Waals surface area contributed by atoms with Crippen molar-refractivity contribution in [3.05, 3.63) is 41.7 Å². The molecular formula is C18H17FN2O3. The molecule has 3 amide bonds. The molecule has 1 saturated heterocycles. The lowest BCUT2D eigenvalue weighted by atomic mass is 9.85. The van der Waals surface area contributed by atoms with Gasteiger partial charge in [-0.15, -0.1) is 0 Å². The molecule has 1 aromatic carbocycles. The van der Waals surface area contributed by atoms with Gasteiger partial charge in [-0.1, -0.05) is 18.2 Å². The highest BCUT2D eigenvalue weighted by Crippen LogP contribution is 2.52. The Bertz CT molecular complexity index is 758. The summed E-state index contributed by atoms with van der Waals surface area (Å²) in [6.45, 7) is 1.38. The van der Waals surface area contributed by atoms with E-state index in [2.05, 4.69) is 5.32 Å². The average molecular weight is 328 g/mol. The number of halogens is 1. The van der Waals surface area contributed by atoms with E-state index in [1.165, 1.54) is 12.1 Å². The molecule has 24 heavy (non-hydrogen) atoms. The number of nitrogens with zero attached hydrogens (tertiary/aromatic N) is 1. The number of carbonyl (C=O) groups excluding carboxylic acids is 3. The van der Waals surface area contributed by atoms with E-state index in [1.54, 1.807) is 13.0 Å². The predicted octanol–water partition coefficient (Wildman–Crippen LogP) is 1.88. The van der Waals surface area contributed by atoms with Crippen molar-refractivity contribution >= 4 is 23.4 Å². The maximum Gasteiger partial charge on any atom is 0.244 e. The molecule has 0 aromatic heterocycles. The zero-order valence-electron chi connectivity index (χ0n) is 13.2. The molecule has 124 valence electrons. The van der Waals surface area contributed by atoms with Gasteiger partial charge in [-0.25, -0.2) is 4.39 Å². The molecule has 1 N–H and O–H groups in total. The molecule has 1 aliphatic heterocycles. The molecule has 1 aromatic rings. The topological polar surface area (TPSA) is 66.5 Å². The Hall–Kier alpha value is -2.50. The highest BCUT2D eigenvalue weighted by molar-refractivity contribution is 6.09. The van der Waals surface area contributed by atoms with Gasteiger partial charge in [-0.05, 0) is 42.9 Å². The van der Waals surface area contributed by atoms with E-state index in [0.717, 1.165) is 16.9 Å². The van der Waals surface area contributed by atoms with Gasteiger partial charge in [0.15, 0.2) is 0 Å². The fraction of sp³-hybridized carbons (Fsp3) is 0.389. The first kappa shape index (κ1) is 15.1. The van der Waals surface area contributed by atoms with Gasteiger partial charge in [-0.3, -0.25) is 19.3 Å². The average Bonchev–Trinajstić information content (AvgIpc) is 3.20. The van der Waals surface area contributed by atoms with Crippen LogP contribution in [-0.2, 0) is 14.4 Å². The van der Waals surface area contributed by atoms with Crippen molar-refractivity contribution in [1.82, 2.24) is 4.90 Å². The van der Waals surface area contributed by atoms with Gasteiger partial charge >= 0.3 is 0 Å². The van der Waals surface area contributed by atoms with Crippen molar-refractivity contribution in [2.24, 2.45) is 23.7 Å². The van der Waals surface area contributed by atoms with E-state index in [0.29, 0.717) is 0 Å². The number of nitrogens with one attached hydrogen (secondary N) is 1. The van der Waals surface area contributed by atoms with Crippen LogP contribution < -0.4 is 5.32 Å². The van der Waals surface area contributed by atoms with E-state index >= 15 is 0 Å². The molecule has 1 heterocycles. The summed E-state index contributed by atoms with van der Waals surface area (Å²) >= 11 is 0. The van der Waals surface area contributed by atoms with Gasteiger partial charge < -0.3 is 5.32 Å². The lowest BCUT2D eigenvalue weighted by Gasteiger charge is -2.17. The molecular weight excluding hydrogens is 311 g/mol. The molecule has 4 atom stereocenters. The first-order valence-corrected chi connectivity index (χ1v) is 8.05. The smallest absolute Gasteiger partial charge is 0.244 e. The van der Waals surface area contributed by atoms with Crippen molar-refractivity contribution in [3.8, 4) is 0 Å². The van der Waals surface area contributed by atoms with E-state index in [1.807, 2.05) is 12.2 Å². The molecule has 2 bridgehead atoms. The molecule has 2 aliphatic carbocycles. The summed E-state index contributed by atoms with van der Waals surface area (Å²) in [7, 11) is 0. The van der Waals surface area contributed by atoms with Crippen LogP contribution in [0.25, 0.3) is 0 Å². The zero-order chi connectivity index (χ0) is 17.0. The third kappa shape index (κ3) is 2.17. The Balaban J connectivity index is 1.47. The minimum absolute atomic E-state index is 0.0478. The monoisotopic (exact) mass is 328 g/mol. The second kappa shape index (κ2) is 5.26. The van der Waals surface area contributed by atoms with Gasteiger partial charge in [0.05, 0.1) is 17.5 Å². The molecule has 0 spiro atoms. The lowest BCUT2D eigenvalue weighted by molar-refractivity contribution is -0.143. The van der Waals surface area contributed by atoms with E-state index in [4.69, 9.17) is 0 Å². The van der Waals surface area contributed by atoms with Crippen LogP contribution in [0.5, 0.6) is 0 Å². The van der Waals surface area contributed by atoms with E-state index in [9.17, 15) is 18.8 Å². The Morgan fingerprint density at radius 1 is 1.21 bits per heavy atom. The number of fused-ring (bicyclic) bond motifs is 5. The third-order valence-electron chi connectivity index (χ3n) is 5.26. The van der Waals surface area contributed by atoms with Crippen molar-refractivity contribution in [1.29, 1.82) is 0 Å². The van der Waals surface area contributed by atoms with Crippen LogP contribution in [0.3, 0.4) is 0 Å². The summed E-state index contributed by atoms with van der Waals surface area (Å²) in [5.41, 5.74) is 0.790. The number of rotatable bonds is 3. The summed E-state index contributed by atoms with van der Waals surface area (Å²) in [5.74, 6) is -2.09. The van der Waals surface area contributed by atoms with Crippen LogP contribution in [-0.4, -0.2) is 29.2 Å². The second-order valence-corrected chi connectivity index (χ2v) is 6.79. The van der Waals surface area contributed by atoms with Gasteiger partial charge in [0.1, 0.15) is 12.4 Å². The van der Waals surface area contributed by atoms with Crippen molar-refractivity contribution in [2.45, 2.75) is 13.3 Å². The van der Waals surface area contributed by atoms with E-state index in [-0.39, 0.29) is 47.7 Å². The van der Waals surface area contributed by atoms with Crippen LogP contribution >= 0.6 is 0 Å². The van der Waals surface area contributed by atoms with Gasteiger partial charge in [0.2, 0.25) is 17.7 Å². The van der Waals surface area contributed by atoms with Crippen LogP contribution in [0.4, 0.5) is 10.1 Å². The lowest BCUT2D eigenvalue weighted by Crippen LogP contribution is -2.39. The van der Waals surface area contributed by atoms with Gasteiger partial charge in [0, 0.05) is 0 Å². The molecule has 1 saturated carbocycles. The normalized spacial score (nSPS) is 30.2. The third-order valence-corrected chi connectivity index (χ3v) is 5.26. The minimum atomic E-state index is -0.570. The maximum atomic E-state index is 13.8. The van der Waals surface area contributed by atoms with Gasteiger partial charge in [0.25, 0.3) is 0 Å². The zero-order valence-corrected chi connectivity index (χ0v) is 13.2. The fourth-order valence-electron chi connectivity index (χ4n) is 4.17. The Kier molecular flexibility index (Phi) is 3.30. The number of aryl methyl sites for hydroxylation is 1. The number of benzene rings is 1.